The second kappa shape index (κ2) is 8.56. The molecule has 1 N–H and O–H groups in total. The molecule has 0 radical (unpaired) electrons. The van der Waals surface area contributed by atoms with E-state index >= 15 is 0 Å². The number of amides is 1. The van der Waals surface area contributed by atoms with Gasteiger partial charge in [-0.15, -0.1) is 0 Å². The SMILES string of the molecule is Cc1ccccc1OCC(=O)OC(C)C(=O)NC1CCCCC1. The van der Waals surface area contributed by atoms with Gasteiger partial charge >= 0.3 is 5.97 Å². The van der Waals surface area contributed by atoms with Gasteiger partial charge in [0.2, 0.25) is 0 Å². The minimum absolute atomic E-state index is 0.202. The Hall–Kier alpha value is -2.04. The molecule has 1 aromatic carbocycles. The third-order valence-corrected chi connectivity index (χ3v) is 4.07. The molecule has 2 rings (SSSR count). The van der Waals surface area contributed by atoms with Crippen LogP contribution in [-0.2, 0) is 14.3 Å². The van der Waals surface area contributed by atoms with Gasteiger partial charge in [-0.05, 0) is 38.3 Å². The lowest BCUT2D eigenvalue weighted by Crippen LogP contribution is -2.43. The highest BCUT2D eigenvalue weighted by molar-refractivity contribution is 5.83. The molecule has 1 atom stereocenters. The molecule has 5 heteroatoms. The number of aryl methyl sites for hydroxylation is 1. The highest BCUT2D eigenvalue weighted by Crippen LogP contribution is 2.18. The number of benzene rings is 1. The zero-order valence-corrected chi connectivity index (χ0v) is 13.8. The van der Waals surface area contributed by atoms with E-state index in [0.717, 1.165) is 31.2 Å². The topological polar surface area (TPSA) is 64.6 Å². The summed E-state index contributed by atoms with van der Waals surface area (Å²) >= 11 is 0. The molecule has 0 bridgehead atoms. The third-order valence-electron chi connectivity index (χ3n) is 4.07. The number of rotatable bonds is 6. The number of carbonyl (C=O) groups is 2. The van der Waals surface area contributed by atoms with E-state index in [1.165, 1.54) is 6.42 Å². The van der Waals surface area contributed by atoms with Crippen molar-refractivity contribution in [2.45, 2.75) is 58.1 Å². The third kappa shape index (κ3) is 5.58. The highest BCUT2D eigenvalue weighted by atomic mass is 16.6. The molecule has 1 saturated carbocycles. The summed E-state index contributed by atoms with van der Waals surface area (Å²) in [5, 5.41) is 2.95. The molecular formula is C18H25NO4. The van der Waals surface area contributed by atoms with Gasteiger partial charge in [-0.25, -0.2) is 4.79 Å². The Kier molecular flexibility index (Phi) is 6.44. The second-order valence-electron chi connectivity index (χ2n) is 6.03. The van der Waals surface area contributed by atoms with Crippen LogP contribution in [0.4, 0.5) is 0 Å². The van der Waals surface area contributed by atoms with Gasteiger partial charge in [-0.2, -0.15) is 0 Å². The van der Waals surface area contributed by atoms with Crippen LogP contribution in [-0.4, -0.2) is 30.6 Å². The van der Waals surface area contributed by atoms with Crippen LogP contribution >= 0.6 is 0 Å². The first-order chi connectivity index (χ1) is 11.1. The molecule has 0 saturated heterocycles. The van der Waals surface area contributed by atoms with Gasteiger partial charge in [0.25, 0.3) is 5.91 Å². The molecule has 1 unspecified atom stereocenters. The summed E-state index contributed by atoms with van der Waals surface area (Å²) in [6, 6.07) is 7.65. The van der Waals surface area contributed by atoms with Crippen molar-refractivity contribution in [3.8, 4) is 5.75 Å². The van der Waals surface area contributed by atoms with Crippen LogP contribution in [0.5, 0.6) is 5.75 Å². The summed E-state index contributed by atoms with van der Waals surface area (Å²) < 4.78 is 10.6. The molecule has 0 spiro atoms. The summed E-state index contributed by atoms with van der Waals surface area (Å²) in [6.07, 6.45) is 4.72. The maximum atomic E-state index is 12.0. The number of nitrogens with one attached hydrogen (secondary N) is 1. The Morgan fingerprint density at radius 3 is 2.61 bits per heavy atom. The lowest BCUT2D eigenvalue weighted by Gasteiger charge is -2.24. The van der Waals surface area contributed by atoms with E-state index in [1.54, 1.807) is 13.0 Å². The van der Waals surface area contributed by atoms with Crippen molar-refractivity contribution in [3.05, 3.63) is 29.8 Å². The summed E-state index contributed by atoms with van der Waals surface area (Å²) in [5.41, 5.74) is 0.948. The molecule has 0 aliphatic heterocycles. The van der Waals surface area contributed by atoms with Gasteiger partial charge in [0, 0.05) is 6.04 Å². The zero-order valence-electron chi connectivity index (χ0n) is 13.8. The number of hydrogen-bond donors (Lipinski definition) is 1. The van der Waals surface area contributed by atoms with Gasteiger partial charge in [0.05, 0.1) is 0 Å². The molecule has 0 heterocycles. The minimum Gasteiger partial charge on any atom is -0.482 e. The van der Waals surface area contributed by atoms with E-state index in [9.17, 15) is 9.59 Å². The fourth-order valence-corrected chi connectivity index (χ4v) is 2.71. The van der Waals surface area contributed by atoms with E-state index < -0.39 is 12.1 Å². The van der Waals surface area contributed by atoms with Crippen molar-refractivity contribution >= 4 is 11.9 Å². The molecule has 1 fully saturated rings. The first-order valence-electron chi connectivity index (χ1n) is 8.24. The number of para-hydroxylation sites is 1. The average molecular weight is 319 g/mol. The van der Waals surface area contributed by atoms with Crippen LogP contribution in [0.3, 0.4) is 0 Å². The van der Waals surface area contributed by atoms with Crippen LogP contribution in [0.25, 0.3) is 0 Å². The van der Waals surface area contributed by atoms with Crippen molar-refractivity contribution in [1.29, 1.82) is 0 Å². The Morgan fingerprint density at radius 2 is 1.91 bits per heavy atom. The van der Waals surface area contributed by atoms with Crippen molar-refractivity contribution in [2.24, 2.45) is 0 Å². The molecule has 0 aromatic heterocycles. The molecular weight excluding hydrogens is 294 g/mol. The maximum Gasteiger partial charge on any atom is 0.344 e. The summed E-state index contributed by atoms with van der Waals surface area (Å²) in [7, 11) is 0. The van der Waals surface area contributed by atoms with Gasteiger partial charge in [0.1, 0.15) is 5.75 Å². The van der Waals surface area contributed by atoms with Gasteiger partial charge in [-0.1, -0.05) is 37.5 Å². The average Bonchev–Trinajstić information content (AvgIpc) is 2.55. The fourth-order valence-electron chi connectivity index (χ4n) is 2.71. The molecule has 5 nitrogen and oxygen atoms in total. The normalized spacial score (nSPS) is 16.4. The molecule has 1 amide bonds. The van der Waals surface area contributed by atoms with Crippen LogP contribution in [0.1, 0.15) is 44.6 Å². The Morgan fingerprint density at radius 1 is 1.22 bits per heavy atom. The number of carbonyl (C=O) groups excluding carboxylic acids is 2. The van der Waals surface area contributed by atoms with E-state index in [-0.39, 0.29) is 18.6 Å². The molecule has 1 aromatic rings. The number of esters is 1. The minimum atomic E-state index is -0.801. The zero-order chi connectivity index (χ0) is 16.7. The van der Waals surface area contributed by atoms with Crippen LogP contribution in [0, 0.1) is 6.92 Å². The number of ether oxygens (including phenoxy) is 2. The predicted molar refractivity (Wildman–Crippen MR) is 87.2 cm³/mol. The predicted octanol–water partition coefficient (Wildman–Crippen LogP) is 2.75. The largest absolute Gasteiger partial charge is 0.482 e. The van der Waals surface area contributed by atoms with Crippen molar-refractivity contribution < 1.29 is 19.1 Å². The standard InChI is InChI=1S/C18H25NO4/c1-13-8-6-7-11-16(13)22-12-17(20)23-14(2)18(21)19-15-9-4-3-5-10-15/h6-8,11,14-15H,3-5,9-10,12H2,1-2H3,(H,19,21). The lowest BCUT2D eigenvalue weighted by molar-refractivity contribution is -0.156. The first-order valence-corrected chi connectivity index (χ1v) is 8.24. The van der Waals surface area contributed by atoms with Gasteiger partial charge < -0.3 is 14.8 Å². The molecule has 126 valence electrons. The number of hydrogen-bond acceptors (Lipinski definition) is 4. The van der Waals surface area contributed by atoms with Crippen LogP contribution in [0.15, 0.2) is 24.3 Å². The second-order valence-corrected chi connectivity index (χ2v) is 6.03. The van der Waals surface area contributed by atoms with Crippen molar-refractivity contribution in [3.63, 3.8) is 0 Å². The summed E-state index contributed by atoms with van der Waals surface area (Å²) in [6.45, 7) is 3.29. The van der Waals surface area contributed by atoms with Crippen LogP contribution in [0.2, 0.25) is 0 Å². The highest BCUT2D eigenvalue weighted by Gasteiger charge is 2.22. The lowest BCUT2D eigenvalue weighted by atomic mass is 9.95. The van der Waals surface area contributed by atoms with Crippen molar-refractivity contribution in [1.82, 2.24) is 5.32 Å². The quantitative estimate of drug-likeness (QED) is 0.819. The van der Waals surface area contributed by atoms with E-state index in [0.29, 0.717) is 5.75 Å². The molecule has 1 aliphatic rings. The fraction of sp³-hybridized carbons (Fsp3) is 0.556. The van der Waals surface area contributed by atoms with E-state index in [4.69, 9.17) is 9.47 Å². The Balaban J connectivity index is 1.73. The van der Waals surface area contributed by atoms with Gasteiger partial charge in [0.15, 0.2) is 12.7 Å². The van der Waals surface area contributed by atoms with Gasteiger partial charge in [-0.3, -0.25) is 4.79 Å². The summed E-state index contributed by atoms with van der Waals surface area (Å²) in [4.78, 5) is 23.9. The maximum absolute atomic E-state index is 12.0. The van der Waals surface area contributed by atoms with E-state index in [2.05, 4.69) is 5.32 Å². The van der Waals surface area contributed by atoms with Crippen LogP contribution < -0.4 is 10.1 Å². The van der Waals surface area contributed by atoms with E-state index in [1.807, 2.05) is 25.1 Å². The molecule has 1 aliphatic carbocycles. The Labute approximate surface area is 137 Å². The smallest absolute Gasteiger partial charge is 0.344 e. The van der Waals surface area contributed by atoms with Crippen molar-refractivity contribution in [2.75, 3.05) is 6.61 Å². The summed E-state index contributed by atoms with van der Waals surface area (Å²) in [5.74, 6) is -0.135. The molecule has 23 heavy (non-hydrogen) atoms. The first kappa shape index (κ1) is 17.3. The monoisotopic (exact) mass is 319 g/mol. The Bertz CT molecular complexity index is 538.